The molecule has 2 aliphatic rings. The maximum Gasteiger partial charge on any atom is 0.225 e. The van der Waals surface area contributed by atoms with E-state index < -0.39 is 52.0 Å². The highest BCUT2D eigenvalue weighted by molar-refractivity contribution is 7.98. The number of Topliss-reactive ketones (excluding diaryl/α,β-unsaturated/α-hetero) is 1. The number of aliphatic hydroxyl groups is 2. The molecule has 5 N–H and O–H groups in total. The van der Waals surface area contributed by atoms with Gasteiger partial charge in [-0.05, 0) is 53.5 Å². The lowest BCUT2D eigenvalue weighted by Gasteiger charge is -2.39. The molecule has 1 aliphatic heterocycles. The number of carbonyl (C=O) groups excluding carboxylic acids is 2. The average Bonchev–Trinajstić information content (AvgIpc) is 3.11. The van der Waals surface area contributed by atoms with Crippen LogP contribution in [0, 0.1) is 17.8 Å². The summed E-state index contributed by atoms with van der Waals surface area (Å²) in [6.07, 6.45) is 4.22. The molecule has 10 nitrogen and oxygen atoms in total. The predicted molar refractivity (Wildman–Crippen MR) is 192 cm³/mol. The average molecular weight is 706 g/mol. The van der Waals surface area contributed by atoms with Crippen LogP contribution >= 0.6 is 11.8 Å². The Morgan fingerprint density at radius 1 is 1.04 bits per heavy atom. The van der Waals surface area contributed by atoms with Gasteiger partial charge < -0.3 is 26.0 Å². The molecule has 1 unspecified atom stereocenters. The number of ether oxygens (including phenoxy) is 1. The first kappa shape index (κ1) is 38.7. The molecule has 1 heterocycles. The molecular formula is C36H55N3O7S2. The number of aliphatic hydroxyl groups excluding tert-OH is 2. The zero-order chi connectivity index (χ0) is 34.7. The topological polar surface area (TPSA) is 159 Å². The first-order chi connectivity index (χ1) is 23.0. The van der Waals surface area contributed by atoms with E-state index in [9.17, 15) is 28.2 Å². The molecule has 1 saturated carbocycles. The van der Waals surface area contributed by atoms with E-state index in [0.29, 0.717) is 44.9 Å². The van der Waals surface area contributed by atoms with Crippen molar-refractivity contribution in [3.63, 3.8) is 0 Å². The normalized spacial score (nSPS) is 20.4. The van der Waals surface area contributed by atoms with Crippen molar-refractivity contribution in [1.29, 1.82) is 0 Å². The lowest BCUT2D eigenvalue weighted by Crippen LogP contribution is -2.60. The van der Waals surface area contributed by atoms with Gasteiger partial charge in [-0.3, -0.25) is 14.5 Å². The smallest absolute Gasteiger partial charge is 0.225 e. The number of thioether (sulfide) groups is 1. The summed E-state index contributed by atoms with van der Waals surface area (Å²) in [7, 11) is -3.54. The lowest BCUT2D eigenvalue weighted by molar-refractivity contribution is -0.139. The maximum atomic E-state index is 14.5. The van der Waals surface area contributed by atoms with Crippen molar-refractivity contribution in [3.05, 3.63) is 48.0 Å². The molecule has 1 saturated heterocycles. The summed E-state index contributed by atoms with van der Waals surface area (Å²) < 4.78 is 31.2. The molecule has 0 aromatic heterocycles. The third kappa shape index (κ3) is 10.7. The van der Waals surface area contributed by atoms with Crippen molar-refractivity contribution in [2.45, 2.75) is 82.7 Å². The van der Waals surface area contributed by atoms with Crippen molar-refractivity contribution in [3.8, 4) is 0 Å². The van der Waals surface area contributed by atoms with E-state index in [0.717, 1.165) is 48.4 Å². The molecule has 0 radical (unpaired) electrons. The third-order valence-corrected chi connectivity index (χ3v) is 12.6. The lowest BCUT2D eigenvalue weighted by atomic mass is 9.76. The molecule has 268 valence electrons. The van der Waals surface area contributed by atoms with Crippen molar-refractivity contribution >= 4 is 44.1 Å². The van der Waals surface area contributed by atoms with Crippen LogP contribution in [0.25, 0.3) is 10.8 Å². The van der Waals surface area contributed by atoms with E-state index in [2.05, 4.69) is 5.32 Å². The fourth-order valence-electron chi connectivity index (χ4n) is 7.19. The van der Waals surface area contributed by atoms with Crippen molar-refractivity contribution in [2.24, 2.45) is 23.5 Å². The number of morpholine rings is 1. The number of ketones is 1. The minimum absolute atomic E-state index is 0.0991. The Kier molecular flexibility index (Phi) is 15.2. The standard InChI is InChI=1S/C36H55N3O7S2/c1-3-48(44,45)24-28(23-27-14-9-13-26-12-7-8-15-29(26)27)36(43)38-31(16-21-47-2)32(40)30(22-25-10-5-4-6-11-25)33(41)34(42)35(37)39-17-19-46-20-18-39/h7-9,12-15,25,28,30-31,33-35,41-42H,3-6,10-11,16-24,37H2,1-2H3,(H,38,43)/t28-,30-,31+,33-,34-,35?/m1/s1. The molecule has 48 heavy (non-hydrogen) atoms. The molecule has 4 rings (SSSR count). The number of nitrogens with two attached hydrogens (primary N) is 1. The van der Waals surface area contributed by atoms with Crippen molar-refractivity contribution in [2.75, 3.05) is 49.8 Å². The Balaban J connectivity index is 1.61. The van der Waals surface area contributed by atoms with Crippen LogP contribution in [0.4, 0.5) is 0 Å². The minimum atomic E-state index is -3.54. The molecule has 6 atom stereocenters. The molecule has 0 bridgehead atoms. The van der Waals surface area contributed by atoms with Gasteiger partial charge in [-0.25, -0.2) is 8.42 Å². The second kappa shape index (κ2) is 18.8. The summed E-state index contributed by atoms with van der Waals surface area (Å²) in [5.41, 5.74) is 7.30. The van der Waals surface area contributed by atoms with Gasteiger partial charge in [0.25, 0.3) is 0 Å². The van der Waals surface area contributed by atoms with Crippen LogP contribution in [0.3, 0.4) is 0 Å². The number of carbonyl (C=O) groups is 2. The highest BCUT2D eigenvalue weighted by atomic mass is 32.2. The van der Waals surface area contributed by atoms with Crippen LogP contribution in [-0.4, -0.2) is 109 Å². The highest BCUT2D eigenvalue weighted by Crippen LogP contribution is 2.33. The summed E-state index contributed by atoms with van der Waals surface area (Å²) >= 11 is 1.54. The van der Waals surface area contributed by atoms with Crippen LogP contribution in [0.5, 0.6) is 0 Å². The van der Waals surface area contributed by atoms with Gasteiger partial charge in [0.05, 0.1) is 43.2 Å². The monoisotopic (exact) mass is 705 g/mol. The Morgan fingerprint density at radius 2 is 1.73 bits per heavy atom. The molecule has 2 fully saturated rings. The Morgan fingerprint density at radius 3 is 2.42 bits per heavy atom. The van der Waals surface area contributed by atoms with E-state index >= 15 is 0 Å². The SMILES string of the molecule is CCS(=O)(=O)C[C@@H](Cc1cccc2ccccc12)C(=O)N[C@@H](CCSC)C(=O)[C@@H](CC1CCCCC1)[C@@H](O)[C@@H](O)C(N)N1CCOCC1. The van der Waals surface area contributed by atoms with Gasteiger partial charge in [0.2, 0.25) is 5.91 Å². The summed E-state index contributed by atoms with van der Waals surface area (Å²) in [4.78, 5) is 30.5. The van der Waals surface area contributed by atoms with Gasteiger partial charge in [0.15, 0.2) is 15.6 Å². The molecule has 2 aromatic rings. The summed E-state index contributed by atoms with van der Waals surface area (Å²) in [6.45, 7) is 3.53. The number of hydrogen-bond acceptors (Lipinski definition) is 10. The second-order valence-electron chi connectivity index (χ2n) is 13.4. The summed E-state index contributed by atoms with van der Waals surface area (Å²) in [5.74, 6) is -2.38. The van der Waals surface area contributed by atoms with Crippen LogP contribution in [0.2, 0.25) is 0 Å². The number of hydrogen-bond donors (Lipinski definition) is 4. The third-order valence-electron chi connectivity index (χ3n) is 10.1. The molecule has 1 amide bonds. The Labute approximate surface area is 290 Å². The number of nitrogens with zero attached hydrogens (tertiary/aromatic N) is 1. The number of sulfone groups is 1. The van der Waals surface area contributed by atoms with E-state index in [-0.39, 0.29) is 29.6 Å². The van der Waals surface area contributed by atoms with Gasteiger partial charge >= 0.3 is 0 Å². The van der Waals surface area contributed by atoms with E-state index in [1.54, 1.807) is 6.92 Å². The van der Waals surface area contributed by atoms with E-state index in [4.69, 9.17) is 10.5 Å². The van der Waals surface area contributed by atoms with Crippen LogP contribution < -0.4 is 11.1 Å². The van der Waals surface area contributed by atoms with Gasteiger partial charge in [-0.2, -0.15) is 11.8 Å². The number of rotatable bonds is 18. The number of benzene rings is 2. The minimum Gasteiger partial charge on any atom is -0.390 e. The van der Waals surface area contributed by atoms with Gasteiger partial charge in [-0.1, -0.05) is 81.5 Å². The van der Waals surface area contributed by atoms with Crippen LogP contribution in [0.1, 0.15) is 57.4 Å². The van der Waals surface area contributed by atoms with E-state index in [1.165, 1.54) is 11.8 Å². The summed E-state index contributed by atoms with van der Waals surface area (Å²) in [6, 6.07) is 12.6. The Bertz CT molecular complexity index is 1420. The molecular weight excluding hydrogens is 651 g/mol. The fourth-order valence-corrected chi connectivity index (χ4v) is 8.78. The van der Waals surface area contributed by atoms with Crippen molar-refractivity contribution < 1.29 is 33.0 Å². The van der Waals surface area contributed by atoms with Crippen LogP contribution in [0.15, 0.2) is 42.5 Å². The zero-order valence-corrected chi connectivity index (χ0v) is 30.1. The molecule has 1 aliphatic carbocycles. The number of amides is 1. The molecule has 12 heteroatoms. The highest BCUT2D eigenvalue weighted by Gasteiger charge is 2.41. The summed E-state index contributed by atoms with van der Waals surface area (Å²) in [5, 5.41) is 27.9. The quantitative estimate of drug-likeness (QED) is 0.182. The fraction of sp³-hybridized carbons (Fsp3) is 0.667. The first-order valence-electron chi connectivity index (χ1n) is 17.5. The van der Waals surface area contributed by atoms with Gasteiger partial charge in [0.1, 0.15) is 6.10 Å². The zero-order valence-electron chi connectivity index (χ0n) is 28.5. The predicted octanol–water partition coefficient (Wildman–Crippen LogP) is 3.17. The number of fused-ring (bicyclic) bond motifs is 1. The second-order valence-corrected chi connectivity index (χ2v) is 16.8. The Hall–Kier alpha value is -2.06. The van der Waals surface area contributed by atoms with Gasteiger partial charge in [-0.15, -0.1) is 0 Å². The van der Waals surface area contributed by atoms with Gasteiger partial charge in [0, 0.05) is 24.8 Å². The van der Waals surface area contributed by atoms with Crippen LogP contribution in [-0.2, 0) is 30.6 Å². The first-order valence-corrected chi connectivity index (χ1v) is 20.7. The molecule has 0 spiro atoms. The van der Waals surface area contributed by atoms with E-state index in [1.807, 2.05) is 53.6 Å². The maximum absolute atomic E-state index is 14.5. The largest absolute Gasteiger partial charge is 0.390 e. The number of nitrogens with one attached hydrogen (secondary N) is 1. The van der Waals surface area contributed by atoms with Crippen molar-refractivity contribution in [1.82, 2.24) is 10.2 Å². The molecule has 2 aromatic carbocycles.